The highest BCUT2D eigenvalue weighted by Gasteiger charge is 2.32. The molecular formula is C19H22BrN3O3. The van der Waals surface area contributed by atoms with E-state index in [-0.39, 0.29) is 11.4 Å². The Bertz CT molecular complexity index is 866. The lowest BCUT2D eigenvalue weighted by atomic mass is 10.1. The Morgan fingerprint density at radius 1 is 1.19 bits per heavy atom. The van der Waals surface area contributed by atoms with Gasteiger partial charge in [-0.05, 0) is 55.6 Å². The standard InChI is InChI=1S/C19H22BrN3O3/c1-19(2,3)23-15(11-4-5-11)9-14(22-23)18(24)21-13-10-17-16(8-12(13)20)25-6-7-26-17/h8-11H,4-7H2,1-3H3,(H,21,24). The number of amides is 1. The van der Waals surface area contributed by atoms with Crippen molar-refractivity contribution in [1.29, 1.82) is 0 Å². The molecule has 0 atom stereocenters. The lowest BCUT2D eigenvalue weighted by molar-refractivity contribution is 0.102. The molecule has 0 saturated heterocycles. The number of halogens is 1. The van der Waals surface area contributed by atoms with Crippen molar-refractivity contribution in [3.05, 3.63) is 34.1 Å². The number of rotatable bonds is 3. The Kier molecular flexibility index (Phi) is 4.22. The van der Waals surface area contributed by atoms with Gasteiger partial charge in [-0.25, -0.2) is 0 Å². The maximum absolute atomic E-state index is 12.8. The van der Waals surface area contributed by atoms with Crippen LogP contribution in [-0.2, 0) is 5.54 Å². The minimum atomic E-state index is -0.229. The first kappa shape index (κ1) is 17.4. The molecule has 4 rings (SSSR count). The van der Waals surface area contributed by atoms with Gasteiger partial charge in [0, 0.05) is 28.2 Å². The lowest BCUT2D eigenvalue weighted by Crippen LogP contribution is -2.25. The average Bonchev–Trinajstić information content (AvgIpc) is 3.32. The summed E-state index contributed by atoms with van der Waals surface area (Å²) in [6, 6.07) is 5.51. The largest absolute Gasteiger partial charge is 0.486 e. The van der Waals surface area contributed by atoms with Crippen molar-refractivity contribution in [3.63, 3.8) is 0 Å². The van der Waals surface area contributed by atoms with E-state index in [1.54, 1.807) is 6.07 Å². The molecule has 1 aromatic carbocycles. The topological polar surface area (TPSA) is 65.4 Å². The molecule has 1 aromatic heterocycles. The molecule has 1 amide bonds. The third-order valence-corrected chi connectivity index (χ3v) is 5.14. The van der Waals surface area contributed by atoms with Crippen molar-refractivity contribution < 1.29 is 14.3 Å². The molecule has 26 heavy (non-hydrogen) atoms. The van der Waals surface area contributed by atoms with E-state index in [0.29, 0.717) is 42.0 Å². The van der Waals surface area contributed by atoms with Crippen LogP contribution in [-0.4, -0.2) is 28.9 Å². The summed E-state index contributed by atoms with van der Waals surface area (Å²) in [6.07, 6.45) is 2.33. The van der Waals surface area contributed by atoms with Gasteiger partial charge in [0.05, 0.1) is 11.2 Å². The van der Waals surface area contributed by atoms with E-state index in [1.165, 1.54) is 0 Å². The highest BCUT2D eigenvalue weighted by molar-refractivity contribution is 9.10. The molecule has 2 heterocycles. The van der Waals surface area contributed by atoms with E-state index in [9.17, 15) is 4.79 Å². The van der Waals surface area contributed by atoms with E-state index < -0.39 is 0 Å². The minimum absolute atomic E-state index is 0.159. The summed E-state index contributed by atoms with van der Waals surface area (Å²) < 4.78 is 13.9. The third kappa shape index (κ3) is 3.32. The van der Waals surface area contributed by atoms with Gasteiger partial charge < -0.3 is 14.8 Å². The zero-order valence-electron chi connectivity index (χ0n) is 15.1. The van der Waals surface area contributed by atoms with Crippen LogP contribution in [0.4, 0.5) is 5.69 Å². The fourth-order valence-electron chi connectivity index (χ4n) is 3.06. The summed E-state index contributed by atoms with van der Waals surface area (Å²) in [4.78, 5) is 12.8. The van der Waals surface area contributed by atoms with Gasteiger partial charge in [0.15, 0.2) is 17.2 Å². The molecule has 1 aliphatic carbocycles. The van der Waals surface area contributed by atoms with Crippen LogP contribution < -0.4 is 14.8 Å². The van der Waals surface area contributed by atoms with Gasteiger partial charge in [-0.2, -0.15) is 5.10 Å². The van der Waals surface area contributed by atoms with Gasteiger partial charge >= 0.3 is 0 Å². The number of carbonyl (C=O) groups excluding carboxylic acids is 1. The number of carbonyl (C=O) groups is 1. The molecule has 1 aliphatic heterocycles. The summed E-state index contributed by atoms with van der Waals surface area (Å²) >= 11 is 3.49. The molecule has 0 spiro atoms. The number of benzene rings is 1. The molecule has 0 radical (unpaired) electrons. The van der Waals surface area contributed by atoms with E-state index in [0.717, 1.165) is 23.0 Å². The predicted molar refractivity (Wildman–Crippen MR) is 102 cm³/mol. The first-order valence-corrected chi connectivity index (χ1v) is 9.63. The zero-order chi connectivity index (χ0) is 18.5. The minimum Gasteiger partial charge on any atom is -0.486 e. The van der Waals surface area contributed by atoms with Crippen molar-refractivity contribution in [2.24, 2.45) is 0 Å². The molecule has 1 N–H and O–H groups in total. The smallest absolute Gasteiger partial charge is 0.276 e. The van der Waals surface area contributed by atoms with Gasteiger partial charge in [-0.3, -0.25) is 9.48 Å². The normalized spacial score (nSPS) is 16.5. The molecule has 0 unspecified atom stereocenters. The molecule has 6 nitrogen and oxygen atoms in total. The van der Waals surface area contributed by atoms with E-state index >= 15 is 0 Å². The van der Waals surface area contributed by atoms with Gasteiger partial charge in [0.1, 0.15) is 13.2 Å². The summed E-state index contributed by atoms with van der Waals surface area (Å²) in [7, 11) is 0. The van der Waals surface area contributed by atoms with Crippen LogP contribution in [0.25, 0.3) is 0 Å². The summed E-state index contributed by atoms with van der Waals surface area (Å²) in [5, 5.41) is 7.52. The van der Waals surface area contributed by atoms with Crippen LogP contribution in [0.15, 0.2) is 22.7 Å². The molecular weight excluding hydrogens is 398 g/mol. The van der Waals surface area contributed by atoms with Crippen molar-refractivity contribution in [3.8, 4) is 11.5 Å². The van der Waals surface area contributed by atoms with Crippen molar-refractivity contribution >= 4 is 27.5 Å². The predicted octanol–water partition coefficient (Wildman–Crippen LogP) is 4.30. The summed E-state index contributed by atoms with van der Waals surface area (Å²) in [5.41, 5.74) is 2.05. The first-order chi connectivity index (χ1) is 12.3. The van der Waals surface area contributed by atoms with Crippen LogP contribution in [0.1, 0.15) is 55.7 Å². The summed E-state index contributed by atoms with van der Waals surface area (Å²) in [6.45, 7) is 7.34. The third-order valence-electron chi connectivity index (χ3n) is 4.48. The van der Waals surface area contributed by atoms with E-state index in [1.807, 2.05) is 16.8 Å². The SMILES string of the molecule is CC(C)(C)n1nc(C(=O)Nc2cc3c(cc2Br)OCCO3)cc1C1CC1. The Morgan fingerprint density at radius 2 is 1.85 bits per heavy atom. The second kappa shape index (κ2) is 6.30. The quantitative estimate of drug-likeness (QED) is 0.804. The van der Waals surface area contributed by atoms with Crippen molar-refractivity contribution in [1.82, 2.24) is 9.78 Å². The molecule has 138 valence electrons. The highest BCUT2D eigenvalue weighted by Crippen LogP contribution is 2.42. The average molecular weight is 420 g/mol. The molecule has 0 bridgehead atoms. The monoisotopic (exact) mass is 419 g/mol. The maximum atomic E-state index is 12.8. The lowest BCUT2D eigenvalue weighted by Gasteiger charge is -2.22. The summed E-state index contributed by atoms with van der Waals surface area (Å²) in [5.74, 6) is 1.60. The molecule has 1 saturated carbocycles. The number of nitrogens with zero attached hydrogens (tertiary/aromatic N) is 2. The highest BCUT2D eigenvalue weighted by atomic mass is 79.9. The van der Waals surface area contributed by atoms with Crippen LogP contribution in [0.5, 0.6) is 11.5 Å². The number of fused-ring (bicyclic) bond motifs is 1. The number of aromatic nitrogens is 2. The number of hydrogen-bond donors (Lipinski definition) is 1. The number of nitrogens with one attached hydrogen (secondary N) is 1. The fourth-order valence-corrected chi connectivity index (χ4v) is 3.48. The fraction of sp³-hybridized carbons (Fsp3) is 0.474. The van der Waals surface area contributed by atoms with E-state index in [2.05, 4.69) is 47.1 Å². The zero-order valence-corrected chi connectivity index (χ0v) is 16.7. The number of hydrogen-bond acceptors (Lipinski definition) is 4. The molecule has 7 heteroatoms. The van der Waals surface area contributed by atoms with Gasteiger partial charge in [-0.1, -0.05) is 0 Å². The Morgan fingerprint density at radius 3 is 2.46 bits per heavy atom. The Labute approximate surface area is 161 Å². The van der Waals surface area contributed by atoms with Crippen molar-refractivity contribution in [2.45, 2.75) is 45.1 Å². The van der Waals surface area contributed by atoms with Crippen LogP contribution >= 0.6 is 15.9 Å². The molecule has 2 aliphatic rings. The Hall–Kier alpha value is -2.02. The van der Waals surface area contributed by atoms with Gasteiger partial charge in [-0.15, -0.1) is 0 Å². The number of ether oxygens (including phenoxy) is 2. The van der Waals surface area contributed by atoms with E-state index in [4.69, 9.17) is 9.47 Å². The second-order valence-electron chi connectivity index (χ2n) is 7.74. The molecule has 2 aromatic rings. The van der Waals surface area contributed by atoms with Gasteiger partial charge in [0.2, 0.25) is 0 Å². The Balaban J connectivity index is 1.61. The first-order valence-electron chi connectivity index (χ1n) is 8.84. The second-order valence-corrected chi connectivity index (χ2v) is 8.60. The molecule has 1 fully saturated rings. The number of anilines is 1. The van der Waals surface area contributed by atoms with Crippen LogP contribution in [0.3, 0.4) is 0 Å². The van der Waals surface area contributed by atoms with Crippen LogP contribution in [0, 0.1) is 0 Å². The van der Waals surface area contributed by atoms with Crippen molar-refractivity contribution in [2.75, 3.05) is 18.5 Å². The van der Waals surface area contributed by atoms with Gasteiger partial charge in [0.25, 0.3) is 5.91 Å². The maximum Gasteiger partial charge on any atom is 0.276 e. The van der Waals surface area contributed by atoms with Crippen LogP contribution in [0.2, 0.25) is 0 Å².